The van der Waals surface area contributed by atoms with Crippen LogP contribution in [0.3, 0.4) is 0 Å². The van der Waals surface area contributed by atoms with Crippen LogP contribution >= 0.6 is 0 Å². The van der Waals surface area contributed by atoms with Gasteiger partial charge in [0.25, 0.3) is 10.1 Å². The second-order valence-electron chi connectivity index (χ2n) is 3.31. The highest BCUT2D eigenvalue weighted by molar-refractivity contribution is 7.86. The molecule has 0 aromatic heterocycles. The largest absolute Gasteiger partial charge is 0.354 e. The zero-order valence-corrected chi connectivity index (χ0v) is 7.97. The summed E-state index contributed by atoms with van der Waals surface area (Å²) < 4.78 is 34.3. The van der Waals surface area contributed by atoms with Gasteiger partial charge >= 0.3 is 0 Å². The molecule has 0 aliphatic heterocycles. The summed E-state index contributed by atoms with van der Waals surface area (Å²) in [5.74, 6) is 0. The van der Waals surface area contributed by atoms with Crippen molar-refractivity contribution in [2.45, 2.75) is 38.7 Å². The van der Waals surface area contributed by atoms with Crippen molar-refractivity contribution in [3.63, 3.8) is 0 Å². The van der Waals surface area contributed by atoms with E-state index in [1.807, 2.05) is 0 Å². The number of ether oxygens (including phenoxy) is 1. The molecule has 1 atom stereocenters. The van der Waals surface area contributed by atoms with Gasteiger partial charge in [0.05, 0.1) is 5.60 Å². The van der Waals surface area contributed by atoms with Crippen molar-refractivity contribution in [1.29, 1.82) is 0 Å². The van der Waals surface area contributed by atoms with E-state index in [9.17, 15) is 8.42 Å². The number of hydrogen-bond donors (Lipinski definition) is 1. The average Bonchev–Trinajstić information content (AvgIpc) is 1.56. The molecule has 0 spiro atoms. The van der Waals surface area contributed by atoms with Crippen molar-refractivity contribution in [3.8, 4) is 0 Å². The van der Waals surface area contributed by atoms with Crippen LogP contribution in [0, 0.1) is 0 Å². The van der Waals surface area contributed by atoms with Crippen LogP contribution in [0.2, 0.25) is 0 Å². The summed E-state index contributed by atoms with van der Waals surface area (Å²) in [5.41, 5.74) is -1.72. The summed E-state index contributed by atoms with van der Waals surface area (Å²) in [7, 11) is -4.06. The molecule has 0 aliphatic rings. The van der Waals surface area contributed by atoms with E-state index in [-0.39, 0.29) is 0 Å². The molecule has 0 amide bonds. The van der Waals surface area contributed by atoms with E-state index in [0.717, 1.165) is 0 Å². The minimum Gasteiger partial charge on any atom is -0.354 e. The van der Waals surface area contributed by atoms with Gasteiger partial charge in [-0.2, -0.15) is 8.42 Å². The van der Waals surface area contributed by atoms with E-state index in [4.69, 9.17) is 9.29 Å². The number of hydrogen-bond acceptors (Lipinski definition) is 3. The predicted octanol–water partition coefficient (Wildman–Crippen LogP) is 1.04. The van der Waals surface area contributed by atoms with Crippen LogP contribution in [0.15, 0.2) is 0 Å². The molecule has 0 aromatic rings. The third-order valence-corrected chi connectivity index (χ3v) is 1.87. The van der Waals surface area contributed by atoms with Gasteiger partial charge in [-0.15, -0.1) is 0 Å². The predicted molar refractivity (Wildman–Crippen MR) is 41.8 cm³/mol. The van der Waals surface area contributed by atoms with Gasteiger partial charge < -0.3 is 4.74 Å². The molecule has 68 valence electrons. The molecule has 0 saturated carbocycles. The normalized spacial score (nSPS) is 16.5. The maximum Gasteiger partial charge on any atom is 0.292 e. The third kappa shape index (κ3) is 5.17. The van der Waals surface area contributed by atoms with Crippen molar-refractivity contribution in [2.75, 3.05) is 0 Å². The summed E-state index contributed by atoms with van der Waals surface area (Å²) in [6.07, 6.45) is 0. The Morgan fingerprint density at radius 1 is 1.36 bits per heavy atom. The van der Waals surface area contributed by atoms with Crippen LogP contribution in [0.25, 0.3) is 0 Å². The van der Waals surface area contributed by atoms with Gasteiger partial charge in [-0.25, -0.2) is 0 Å². The summed E-state index contributed by atoms with van der Waals surface area (Å²) in [4.78, 5) is 0. The lowest BCUT2D eigenvalue weighted by atomic mass is 10.2. The first kappa shape index (κ1) is 10.9. The van der Waals surface area contributed by atoms with Crippen molar-refractivity contribution in [3.05, 3.63) is 0 Å². The van der Waals surface area contributed by atoms with Crippen molar-refractivity contribution < 1.29 is 17.7 Å². The first-order valence-electron chi connectivity index (χ1n) is 3.27. The highest BCUT2D eigenvalue weighted by Crippen LogP contribution is 2.13. The monoisotopic (exact) mass is 182 g/mol. The minimum atomic E-state index is -4.06. The molecule has 1 N–H and O–H groups in total. The Morgan fingerprint density at radius 3 is 1.82 bits per heavy atom. The Labute approximate surface area is 67.3 Å². The lowest BCUT2D eigenvalue weighted by Crippen LogP contribution is -2.30. The number of rotatable bonds is 2. The minimum absolute atomic E-state index is 0.560. The Balaban J connectivity index is 4.22. The quantitative estimate of drug-likeness (QED) is 0.648. The molecular weight excluding hydrogens is 168 g/mol. The zero-order valence-electron chi connectivity index (χ0n) is 7.16. The molecule has 0 radical (unpaired) electrons. The van der Waals surface area contributed by atoms with Crippen molar-refractivity contribution in [1.82, 2.24) is 0 Å². The summed E-state index contributed by atoms with van der Waals surface area (Å²) >= 11 is 0. The second-order valence-corrected chi connectivity index (χ2v) is 5.01. The molecule has 4 nitrogen and oxygen atoms in total. The first-order chi connectivity index (χ1) is 4.63. The van der Waals surface area contributed by atoms with Crippen LogP contribution in [-0.2, 0) is 14.9 Å². The highest BCUT2D eigenvalue weighted by atomic mass is 32.2. The Kier molecular flexibility index (Phi) is 3.05. The van der Waals surface area contributed by atoms with Gasteiger partial charge in [-0.3, -0.25) is 4.55 Å². The molecule has 5 heteroatoms. The molecule has 1 unspecified atom stereocenters. The van der Waals surface area contributed by atoms with Gasteiger partial charge in [0.15, 0.2) is 5.44 Å². The van der Waals surface area contributed by atoms with Crippen molar-refractivity contribution in [2.24, 2.45) is 0 Å². The topological polar surface area (TPSA) is 63.6 Å². The standard InChI is InChI=1S/C6H14O4S/c1-5(11(7,8)9)10-6(2,3)4/h5H,1-4H3,(H,7,8,9). The summed E-state index contributed by atoms with van der Waals surface area (Å²) in [6.45, 7) is 6.44. The van der Waals surface area contributed by atoms with E-state index < -0.39 is 21.2 Å². The molecule has 0 aliphatic carbocycles. The molecule has 0 aromatic carbocycles. The fourth-order valence-electron chi connectivity index (χ4n) is 0.559. The average molecular weight is 182 g/mol. The molecule has 0 bridgehead atoms. The molecule has 0 rings (SSSR count). The van der Waals surface area contributed by atoms with Crippen molar-refractivity contribution >= 4 is 10.1 Å². The molecular formula is C6H14O4S. The van der Waals surface area contributed by atoms with Crippen LogP contribution in [-0.4, -0.2) is 24.0 Å². The lowest BCUT2D eigenvalue weighted by Gasteiger charge is -2.22. The lowest BCUT2D eigenvalue weighted by molar-refractivity contribution is -0.0188. The van der Waals surface area contributed by atoms with E-state index >= 15 is 0 Å². The molecule has 0 fully saturated rings. The molecule has 0 saturated heterocycles. The maximum absolute atomic E-state index is 10.4. The molecule has 0 heterocycles. The summed E-state index contributed by atoms with van der Waals surface area (Å²) in [6, 6.07) is 0. The fourth-order valence-corrected chi connectivity index (χ4v) is 0.969. The highest BCUT2D eigenvalue weighted by Gasteiger charge is 2.23. The van der Waals surface area contributed by atoms with Gasteiger partial charge in [-0.1, -0.05) is 0 Å². The fraction of sp³-hybridized carbons (Fsp3) is 1.00. The first-order valence-corrected chi connectivity index (χ1v) is 4.77. The van der Waals surface area contributed by atoms with Crippen LogP contribution in [0.4, 0.5) is 0 Å². The van der Waals surface area contributed by atoms with E-state index in [2.05, 4.69) is 0 Å². The Morgan fingerprint density at radius 2 is 1.73 bits per heavy atom. The Hall–Kier alpha value is -0.130. The third-order valence-electron chi connectivity index (χ3n) is 0.939. The van der Waals surface area contributed by atoms with E-state index in [1.54, 1.807) is 20.8 Å². The Bertz CT molecular complexity index is 211. The van der Waals surface area contributed by atoms with Gasteiger partial charge in [0.2, 0.25) is 0 Å². The van der Waals surface area contributed by atoms with Gasteiger partial charge in [0, 0.05) is 0 Å². The molecule has 11 heavy (non-hydrogen) atoms. The maximum atomic E-state index is 10.4. The smallest absolute Gasteiger partial charge is 0.292 e. The van der Waals surface area contributed by atoms with E-state index in [0.29, 0.717) is 0 Å². The van der Waals surface area contributed by atoms with Crippen LogP contribution in [0.1, 0.15) is 27.7 Å². The zero-order chi connectivity index (χ0) is 9.28. The SMILES string of the molecule is CC(OC(C)(C)C)S(=O)(=O)O. The van der Waals surface area contributed by atoms with Crippen LogP contribution < -0.4 is 0 Å². The summed E-state index contributed by atoms with van der Waals surface area (Å²) in [5, 5.41) is 0. The second kappa shape index (κ2) is 3.08. The van der Waals surface area contributed by atoms with Gasteiger partial charge in [0.1, 0.15) is 0 Å². The van der Waals surface area contributed by atoms with Crippen LogP contribution in [0.5, 0.6) is 0 Å². The van der Waals surface area contributed by atoms with Gasteiger partial charge in [-0.05, 0) is 27.7 Å². The van der Waals surface area contributed by atoms with E-state index in [1.165, 1.54) is 6.92 Å².